The van der Waals surface area contributed by atoms with Crippen molar-refractivity contribution >= 4 is 17.7 Å². The van der Waals surface area contributed by atoms with Gasteiger partial charge in [0.05, 0.1) is 18.7 Å². The molecule has 2 aromatic carbocycles. The summed E-state index contributed by atoms with van der Waals surface area (Å²) in [5.41, 5.74) is 2.43. The summed E-state index contributed by atoms with van der Waals surface area (Å²) in [7, 11) is 1.35. The van der Waals surface area contributed by atoms with Crippen LogP contribution in [0, 0.1) is 0 Å². The van der Waals surface area contributed by atoms with Gasteiger partial charge in [-0.2, -0.15) is 0 Å². The van der Waals surface area contributed by atoms with E-state index in [9.17, 15) is 9.59 Å². The Hall–Kier alpha value is -3.02. The number of amides is 2. The van der Waals surface area contributed by atoms with E-state index in [2.05, 4.69) is 19.2 Å². The van der Waals surface area contributed by atoms with E-state index >= 15 is 0 Å². The summed E-state index contributed by atoms with van der Waals surface area (Å²) in [6.45, 7) is 6.20. The summed E-state index contributed by atoms with van der Waals surface area (Å²) in [6, 6.07) is 12.7. The summed E-state index contributed by atoms with van der Waals surface area (Å²) in [5.74, 6) is 0.673. The van der Waals surface area contributed by atoms with E-state index in [1.165, 1.54) is 12.7 Å². The minimum atomic E-state index is -0.813. The van der Waals surface area contributed by atoms with Crippen LogP contribution >= 0.6 is 0 Å². The first kappa shape index (κ1) is 18.3. The van der Waals surface area contributed by atoms with E-state index in [1.54, 1.807) is 23.1 Å². The maximum atomic E-state index is 13.0. The lowest BCUT2D eigenvalue weighted by Crippen LogP contribution is -2.65. The van der Waals surface area contributed by atoms with Crippen molar-refractivity contribution in [3.63, 3.8) is 0 Å². The van der Waals surface area contributed by atoms with Gasteiger partial charge in [0.25, 0.3) is 0 Å². The van der Waals surface area contributed by atoms with Gasteiger partial charge in [0.1, 0.15) is 5.75 Å². The molecule has 0 saturated carbocycles. The SMILES string of the molecule is COC(=O)c1ccc2c(c1)C1CC(C)(O2)N(c2ccc(C(C)C)cc2)C(=O)N1. The van der Waals surface area contributed by atoms with Crippen LogP contribution in [0.1, 0.15) is 60.6 Å². The maximum absolute atomic E-state index is 13.0. The van der Waals surface area contributed by atoms with Gasteiger partial charge in [-0.25, -0.2) is 9.59 Å². The molecule has 2 unspecified atom stereocenters. The van der Waals surface area contributed by atoms with Gasteiger partial charge in [-0.05, 0) is 48.7 Å². The zero-order chi connectivity index (χ0) is 20.1. The number of ether oxygens (including phenoxy) is 2. The van der Waals surface area contributed by atoms with Crippen molar-refractivity contribution in [3.05, 3.63) is 59.2 Å². The number of anilines is 1. The number of methoxy groups -OCH3 is 1. The second-order valence-corrected chi connectivity index (χ2v) is 7.81. The number of hydrogen-bond acceptors (Lipinski definition) is 4. The van der Waals surface area contributed by atoms with Gasteiger partial charge >= 0.3 is 12.0 Å². The smallest absolute Gasteiger partial charge is 0.337 e. The quantitative estimate of drug-likeness (QED) is 0.803. The van der Waals surface area contributed by atoms with Crippen LogP contribution in [0.5, 0.6) is 5.75 Å². The predicted molar refractivity (Wildman–Crippen MR) is 106 cm³/mol. The highest BCUT2D eigenvalue weighted by Gasteiger charge is 2.50. The molecule has 0 spiro atoms. The zero-order valence-electron chi connectivity index (χ0n) is 16.5. The number of rotatable bonds is 3. The molecule has 2 aliphatic heterocycles. The molecule has 4 rings (SSSR count). The van der Waals surface area contributed by atoms with Crippen LogP contribution in [0.25, 0.3) is 0 Å². The van der Waals surface area contributed by atoms with Crippen LogP contribution in [0.2, 0.25) is 0 Å². The molecular weight excluding hydrogens is 356 g/mol. The predicted octanol–water partition coefficient (Wildman–Crippen LogP) is 4.37. The number of nitrogens with one attached hydrogen (secondary N) is 1. The van der Waals surface area contributed by atoms with Gasteiger partial charge in [-0.1, -0.05) is 26.0 Å². The lowest BCUT2D eigenvalue weighted by Gasteiger charge is -2.50. The van der Waals surface area contributed by atoms with Gasteiger partial charge in [0, 0.05) is 17.7 Å². The molecule has 1 N–H and O–H groups in total. The highest BCUT2D eigenvalue weighted by atomic mass is 16.5. The van der Waals surface area contributed by atoms with Gasteiger partial charge in [0.2, 0.25) is 0 Å². The van der Waals surface area contributed by atoms with E-state index in [1.807, 2.05) is 31.2 Å². The molecule has 28 heavy (non-hydrogen) atoms. The van der Waals surface area contributed by atoms with Crippen LogP contribution in [-0.2, 0) is 4.74 Å². The minimum absolute atomic E-state index is 0.217. The first-order valence-electron chi connectivity index (χ1n) is 9.44. The number of urea groups is 1. The number of carbonyl (C=O) groups excluding carboxylic acids is 2. The highest BCUT2D eigenvalue weighted by molar-refractivity contribution is 5.95. The third kappa shape index (κ3) is 2.89. The Kier molecular flexibility index (Phi) is 4.29. The van der Waals surface area contributed by atoms with E-state index in [0.29, 0.717) is 23.7 Å². The summed E-state index contributed by atoms with van der Waals surface area (Å²) >= 11 is 0. The Morgan fingerprint density at radius 2 is 1.96 bits per heavy atom. The lowest BCUT2D eigenvalue weighted by atomic mass is 9.89. The van der Waals surface area contributed by atoms with Gasteiger partial charge in [-0.3, -0.25) is 4.90 Å². The molecule has 0 aromatic heterocycles. The third-order valence-electron chi connectivity index (χ3n) is 5.51. The molecule has 2 aromatic rings. The largest absolute Gasteiger partial charge is 0.467 e. The topological polar surface area (TPSA) is 67.9 Å². The van der Waals surface area contributed by atoms with Crippen LogP contribution in [0.4, 0.5) is 10.5 Å². The van der Waals surface area contributed by atoms with Crippen molar-refractivity contribution in [1.29, 1.82) is 0 Å². The Labute approximate surface area is 164 Å². The van der Waals surface area contributed by atoms with Crippen molar-refractivity contribution in [2.24, 2.45) is 0 Å². The molecule has 2 amide bonds. The van der Waals surface area contributed by atoms with Crippen LogP contribution in [0.3, 0.4) is 0 Å². The number of esters is 1. The number of carbonyl (C=O) groups is 2. The fourth-order valence-corrected chi connectivity index (χ4v) is 4.02. The van der Waals surface area contributed by atoms with E-state index in [-0.39, 0.29) is 12.1 Å². The fraction of sp³-hybridized carbons (Fsp3) is 0.364. The van der Waals surface area contributed by atoms with E-state index < -0.39 is 11.7 Å². The van der Waals surface area contributed by atoms with E-state index in [4.69, 9.17) is 9.47 Å². The molecule has 6 nitrogen and oxygen atoms in total. The van der Waals surface area contributed by atoms with Crippen molar-refractivity contribution in [3.8, 4) is 5.75 Å². The minimum Gasteiger partial charge on any atom is -0.467 e. The molecule has 1 fully saturated rings. The number of hydrogen-bond donors (Lipinski definition) is 1. The van der Waals surface area contributed by atoms with Crippen LogP contribution < -0.4 is 15.0 Å². The average Bonchev–Trinajstić information content (AvgIpc) is 2.66. The second-order valence-electron chi connectivity index (χ2n) is 7.81. The summed E-state index contributed by atoms with van der Waals surface area (Å²) in [4.78, 5) is 26.5. The molecule has 2 aliphatic rings. The van der Waals surface area contributed by atoms with Crippen molar-refractivity contribution in [2.45, 2.75) is 44.9 Å². The Morgan fingerprint density at radius 3 is 2.61 bits per heavy atom. The molecule has 0 radical (unpaired) electrons. The first-order valence-corrected chi connectivity index (χ1v) is 9.44. The molecule has 6 heteroatoms. The number of nitrogens with zero attached hydrogens (tertiary/aromatic N) is 1. The standard InChI is InChI=1S/C22H24N2O4/c1-13(2)14-5-8-16(9-6-14)24-21(26)23-18-12-22(24,3)28-19-10-7-15(11-17(18)19)20(25)27-4/h5-11,13,18H,12H2,1-4H3,(H,23,26). The van der Waals surface area contributed by atoms with Gasteiger partial charge in [-0.15, -0.1) is 0 Å². The molecular formula is C22H24N2O4. The first-order chi connectivity index (χ1) is 13.3. The summed E-state index contributed by atoms with van der Waals surface area (Å²) in [5, 5.41) is 3.05. The molecule has 2 bridgehead atoms. The lowest BCUT2D eigenvalue weighted by molar-refractivity contribution is 0.0377. The summed E-state index contributed by atoms with van der Waals surface area (Å²) in [6.07, 6.45) is 0.572. The normalized spacial score (nSPS) is 23.0. The Morgan fingerprint density at radius 1 is 1.25 bits per heavy atom. The zero-order valence-corrected chi connectivity index (χ0v) is 16.5. The molecule has 2 heterocycles. The average molecular weight is 380 g/mol. The Balaban J connectivity index is 1.70. The van der Waals surface area contributed by atoms with Crippen molar-refractivity contribution in [1.82, 2.24) is 5.32 Å². The van der Waals surface area contributed by atoms with Crippen molar-refractivity contribution < 1.29 is 19.1 Å². The number of benzene rings is 2. The van der Waals surface area contributed by atoms with Crippen molar-refractivity contribution in [2.75, 3.05) is 12.0 Å². The van der Waals surface area contributed by atoms with Gasteiger partial charge < -0.3 is 14.8 Å². The maximum Gasteiger partial charge on any atom is 0.337 e. The fourth-order valence-electron chi connectivity index (χ4n) is 4.02. The second kappa shape index (κ2) is 6.55. The molecule has 0 aliphatic carbocycles. The van der Waals surface area contributed by atoms with Crippen LogP contribution in [-0.4, -0.2) is 24.8 Å². The highest BCUT2D eigenvalue weighted by Crippen LogP contribution is 2.45. The van der Waals surface area contributed by atoms with E-state index in [0.717, 1.165) is 11.3 Å². The number of fused-ring (bicyclic) bond motifs is 4. The molecule has 146 valence electrons. The third-order valence-corrected chi connectivity index (χ3v) is 5.51. The van der Waals surface area contributed by atoms with Crippen LogP contribution in [0.15, 0.2) is 42.5 Å². The monoisotopic (exact) mass is 380 g/mol. The molecule has 1 saturated heterocycles. The van der Waals surface area contributed by atoms with Gasteiger partial charge in [0.15, 0.2) is 5.72 Å². The molecule has 2 atom stereocenters. The Bertz CT molecular complexity index is 938. The summed E-state index contributed by atoms with van der Waals surface area (Å²) < 4.78 is 11.1.